The maximum absolute atomic E-state index is 13.1. The van der Waals surface area contributed by atoms with Crippen molar-refractivity contribution in [3.8, 4) is 0 Å². The maximum atomic E-state index is 13.1. The Morgan fingerprint density at radius 1 is 1.21 bits per heavy atom. The Labute approximate surface area is 169 Å². The zero-order valence-corrected chi connectivity index (χ0v) is 17.1. The molecule has 3 aromatic rings. The van der Waals surface area contributed by atoms with Gasteiger partial charge in [0.2, 0.25) is 0 Å². The molecular formula is C21H24ClN5O. The molecule has 0 aliphatic carbocycles. The standard InChI is InChI=1S/C21H24ClN5O/c1-13(2)27-20-15(12-23-27)10-17(14(3)24-20)21(28)25-18-11-16(22)6-7-19(18)26-8-4-5-9-26/h6-7,10-13H,4-5,8-9H2,1-3H3,(H,25,28). The molecule has 1 N–H and O–H groups in total. The number of nitrogens with zero attached hydrogens (tertiary/aromatic N) is 4. The van der Waals surface area contributed by atoms with Crippen molar-refractivity contribution in [2.24, 2.45) is 0 Å². The van der Waals surface area contributed by atoms with E-state index in [1.165, 1.54) is 0 Å². The lowest BCUT2D eigenvalue weighted by atomic mass is 10.1. The van der Waals surface area contributed by atoms with Gasteiger partial charge in [-0.2, -0.15) is 5.10 Å². The molecule has 0 spiro atoms. The van der Waals surface area contributed by atoms with Crippen molar-refractivity contribution in [3.63, 3.8) is 0 Å². The number of halogens is 1. The number of hydrogen-bond donors (Lipinski definition) is 1. The zero-order chi connectivity index (χ0) is 19.8. The molecule has 7 heteroatoms. The second-order valence-electron chi connectivity index (χ2n) is 7.53. The van der Waals surface area contributed by atoms with Crippen LogP contribution in [0.25, 0.3) is 11.0 Å². The first-order valence-electron chi connectivity index (χ1n) is 9.65. The van der Waals surface area contributed by atoms with Crippen molar-refractivity contribution in [1.29, 1.82) is 0 Å². The predicted octanol–water partition coefficient (Wildman–Crippen LogP) is 4.83. The summed E-state index contributed by atoms with van der Waals surface area (Å²) in [6.45, 7) is 7.95. The van der Waals surface area contributed by atoms with Crippen LogP contribution in [-0.4, -0.2) is 33.8 Å². The van der Waals surface area contributed by atoms with E-state index in [1.54, 1.807) is 6.20 Å². The zero-order valence-electron chi connectivity index (χ0n) is 16.4. The molecule has 1 aliphatic heterocycles. The van der Waals surface area contributed by atoms with E-state index in [9.17, 15) is 4.79 Å². The molecule has 1 amide bonds. The van der Waals surface area contributed by atoms with Crippen LogP contribution >= 0.6 is 11.6 Å². The molecule has 1 aromatic carbocycles. The molecule has 1 aliphatic rings. The van der Waals surface area contributed by atoms with Crippen molar-refractivity contribution < 1.29 is 4.79 Å². The summed E-state index contributed by atoms with van der Waals surface area (Å²) in [4.78, 5) is 20.0. The molecule has 0 bridgehead atoms. The minimum absolute atomic E-state index is 0.188. The van der Waals surface area contributed by atoms with Crippen LogP contribution in [0.1, 0.15) is 48.8 Å². The van der Waals surface area contributed by atoms with E-state index in [1.807, 2.05) is 35.9 Å². The summed E-state index contributed by atoms with van der Waals surface area (Å²) in [6, 6.07) is 7.72. The fourth-order valence-corrected chi connectivity index (χ4v) is 3.88. The molecule has 0 radical (unpaired) electrons. The molecule has 1 fully saturated rings. The second kappa shape index (κ2) is 7.43. The highest BCUT2D eigenvalue weighted by atomic mass is 35.5. The van der Waals surface area contributed by atoms with Gasteiger partial charge in [-0.1, -0.05) is 11.6 Å². The van der Waals surface area contributed by atoms with Crippen molar-refractivity contribution in [3.05, 3.63) is 46.7 Å². The summed E-state index contributed by atoms with van der Waals surface area (Å²) < 4.78 is 1.87. The molecule has 1 saturated heterocycles. The van der Waals surface area contributed by atoms with Gasteiger partial charge in [-0.15, -0.1) is 0 Å². The Kier molecular flexibility index (Phi) is 4.98. The minimum Gasteiger partial charge on any atom is -0.370 e. The number of rotatable bonds is 4. The normalized spacial score (nSPS) is 14.2. The Hall–Kier alpha value is -2.60. The number of aromatic nitrogens is 3. The van der Waals surface area contributed by atoms with Crippen LogP contribution in [0.4, 0.5) is 11.4 Å². The summed E-state index contributed by atoms with van der Waals surface area (Å²) >= 11 is 6.20. The third kappa shape index (κ3) is 3.44. The molecule has 3 heterocycles. The first-order valence-corrected chi connectivity index (χ1v) is 10.0. The van der Waals surface area contributed by atoms with Gasteiger partial charge in [0.15, 0.2) is 5.65 Å². The lowest BCUT2D eigenvalue weighted by Gasteiger charge is -2.22. The van der Waals surface area contributed by atoms with Gasteiger partial charge in [0.05, 0.1) is 28.8 Å². The molecule has 4 rings (SSSR count). The highest BCUT2D eigenvalue weighted by molar-refractivity contribution is 6.31. The van der Waals surface area contributed by atoms with Crippen LogP contribution in [0.3, 0.4) is 0 Å². The number of pyridine rings is 1. The highest BCUT2D eigenvalue weighted by Gasteiger charge is 2.20. The fourth-order valence-electron chi connectivity index (χ4n) is 3.71. The topological polar surface area (TPSA) is 63.1 Å². The smallest absolute Gasteiger partial charge is 0.257 e. The monoisotopic (exact) mass is 397 g/mol. The molecule has 0 atom stereocenters. The number of aryl methyl sites for hydroxylation is 1. The third-order valence-corrected chi connectivity index (χ3v) is 5.38. The average Bonchev–Trinajstić information content (AvgIpc) is 3.30. The van der Waals surface area contributed by atoms with E-state index in [-0.39, 0.29) is 11.9 Å². The number of amides is 1. The van der Waals surface area contributed by atoms with Crippen LogP contribution in [0, 0.1) is 6.92 Å². The van der Waals surface area contributed by atoms with Crippen molar-refractivity contribution in [2.75, 3.05) is 23.3 Å². The van der Waals surface area contributed by atoms with Crippen molar-refractivity contribution in [2.45, 2.75) is 39.7 Å². The molecule has 146 valence electrons. The number of carbonyl (C=O) groups excluding carboxylic acids is 1. The van der Waals surface area contributed by atoms with E-state index in [0.29, 0.717) is 16.3 Å². The van der Waals surface area contributed by atoms with Gasteiger partial charge >= 0.3 is 0 Å². The average molecular weight is 398 g/mol. The number of anilines is 2. The van der Waals surface area contributed by atoms with E-state index >= 15 is 0 Å². The van der Waals surface area contributed by atoms with Crippen LogP contribution in [0.2, 0.25) is 5.02 Å². The molecule has 0 saturated carbocycles. The largest absolute Gasteiger partial charge is 0.370 e. The first kappa shape index (κ1) is 18.7. The summed E-state index contributed by atoms with van der Waals surface area (Å²) in [5.74, 6) is -0.188. The van der Waals surface area contributed by atoms with Gasteiger partial charge in [0.1, 0.15) is 0 Å². The number of carbonyl (C=O) groups is 1. The number of fused-ring (bicyclic) bond motifs is 1. The van der Waals surface area contributed by atoms with Crippen LogP contribution in [-0.2, 0) is 0 Å². The molecule has 6 nitrogen and oxygen atoms in total. The molecule has 2 aromatic heterocycles. The van der Waals surface area contributed by atoms with E-state index in [4.69, 9.17) is 11.6 Å². The fraction of sp³-hybridized carbons (Fsp3) is 0.381. The molecular weight excluding hydrogens is 374 g/mol. The second-order valence-corrected chi connectivity index (χ2v) is 7.96. The summed E-state index contributed by atoms with van der Waals surface area (Å²) in [7, 11) is 0. The Balaban J connectivity index is 1.67. The predicted molar refractivity (Wildman–Crippen MR) is 114 cm³/mol. The van der Waals surface area contributed by atoms with Crippen molar-refractivity contribution in [1.82, 2.24) is 14.8 Å². The summed E-state index contributed by atoms with van der Waals surface area (Å²) in [6.07, 6.45) is 4.08. The van der Waals surface area contributed by atoms with Crippen molar-refractivity contribution >= 4 is 39.9 Å². The van der Waals surface area contributed by atoms with Gasteiger partial charge in [-0.25, -0.2) is 9.67 Å². The lowest BCUT2D eigenvalue weighted by molar-refractivity contribution is 0.102. The SMILES string of the molecule is Cc1nc2c(cnn2C(C)C)cc1C(=O)Nc1cc(Cl)ccc1N1CCCC1. The van der Waals surface area contributed by atoms with Gasteiger partial charge < -0.3 is 10.2 Å². The molecule has 28 heavy (non-hydrogen) atoms. The highest BCUT2D eigenvalue weighted by Crippen LogP contribution is 2.32. The van der Waals surface area contributed by atoms with Gasteiger partial charge in [0, 0.05) is 29.5 Å². The third-order valence-electron chi connectivity index (χ3n) is 5.15. The maximum Gasteiger partial charge on any atom is 0.257 e. The summed E-state index contributed by atoms with van der Waals surface area (Å²) in [5, 5.41) is 8.90. The van der Waals surface area contributed by atoms with E-state index in [2.05, 4.69) is 34.1 Å². The Bertz CT molecular complexity index is 1040. The molecule has 0 unspecified atom stereocenters. The number of nitrogens with one attached hydrogen (secondary N) is 1. The van der Waals surface area contributed by atoms with Crippen LogP contribution < -0.4 is 10.2 Å². The lowest BCUT2D eigenvalue weighted by Crippen LogP contribution is -2.21. The van der Waals surface area contributed by atoms with Crippen LogP contribution in [0.15, 0.2) is 30.5 Å². The Morgan fingerprint density at radius 3 is 2.68 bits per heavy atom. The van der Waals surface area contributed by atoms with Gasteiger partial charge in [-0.3, -0.25) is 4.79 Å². The number of benzene rings is 1. The minimum atomic E-state index is -0.188. The quantitative estimate of drug-likeness (QED) is 0.685. The summed E-state index contributed by atoms with van der Waals surface area (Å²) in [5.41, 5.74) is 3.76. The van der Waals surface area contributed by atoms with E-state index in [0.717, 1.165) is 48.3 Å². The van der Waals surface area contributed by atoms with E-state index < -0.39 is 0 Å². The Morgan fingerprint density at radius 2 is 1.96 bits per heavy atom. The van der Waals surface area contributed by atoms with Gasteiger partial charge in [-0.05, 0) is 57.9 Å². The number of hydrogen-bond acceptors (Lipinski definition) is 4. The van der Waals surface area contributed by atoms with Gasteiger partial charge in [0.25, 0.3) is 5.91 Å². The first-order chi connectivity index (χ1) is 13.4. The van der Waals surface area contributed by atoms with Crippen LogP contribution in [0.5, 0.6) is 0 Å².